The summed E-state index contributed by atoms with van der Waals surface area (Å²) in [5, 5.41) is 14.0. The first kappa shape index (κ1) is 29.2. The molecule has 0 spiro atoms. The van der Waals surface area contributed by atoms with Crippen LogP contribution in [0.5, 0.6) is 5.75 Å². The third kappa shape index (κ3) is 6.02. The second-order valence-corrected chi connectivity index (χ2v) is 11.2. The smallest absolute Gasteiger partial charge is 0.344 e. The Morgan fingerprint density at radius 1 is 0.975 bits per heavy atom. The van der Waals surface area contributed by atoms with Gasteiger partial charge in [0.1, 0.15) is 5.75 Å². The van der Waals surface area contributed by atoms with E-state index in [1.807, 2.05) is 51.1 Å². The number of amides is 1. The second kappa shape index (κ2) is 11.8. The number of carboxylic acid groups (broad SMARTS) is 1. The topological polar surface area (TPSA) is 80.6 Å². The summed E-state index contributed by atoms with van der Waals surface area (Å²) in [4.78, 5) is 24.5. The lowest BCUT2D eigenvalue weighted by Crippen LogP contribution is -2.26. The van der Waals surface area contributed by atoms with Gasteiger partial charge in [0.2, 0.25) is 0 Å². The van der Waals surface area contributed by atoms with Gasteiger partial charge in [-0.1, -0.05) is 49.7 Å². The van der Waals surface area contributed by atoms with Crippen LogP contribution in [0.4, 0.5) is 0 Å². The Kier molecular flexibility index (Phi) is 8.59. The number of hydrogen-bond acceptors (Lipinski definition) is 3. The molecular formula is C33H37ClN2O4. The summed E-state index contributed by atoms with van der Waals surface area (Å²) in [6.07, 6.45) is -0.976. The quantitative estimate of drug-likeness (QED) is 0.219. The van der Waals surface area contributed by atoms with Gasteiger partial charge in [-0.15, -0.1) is 0 Å². The highest BCUT2D eigenvalue weighted by atomic mass is 35.5. The van der Waals surface area contributed by atoms with E-state index in [-0.39, 0.29) is 11.9 Å². The molecule has 0 aliphatic rings. The Morgan fingerprint density at radius 3 is 2.35 bits per heavy atom. The third-order valence-electron chi connectivity index (χ3n) is 7.62. The van der Waals surface area contributed by atoms with Gasteiger partial charge in [0, 0.05) is 33.7 Å². The highest BCUT2D eigenvalue weighted by molar-refractivity contribution is 6.32. The fraction of sp³-hybridized carbons (Fsp3) is 0.333. The maximum absolute atomic E-state index is 13.2. The number of nitrogens with one attached hydrogen (secondary N) is 1. The Bertz CT molecular complexity index is 1590. The van der Waals surface area contributed by atoms with Gasteiger partial charge in [-0.25, -0.2) is 4.79 Å². The molecule has 4 aromatic rings. The van der Waals surface area contributed by atoms with Crippen LogP contribution in [0.2, 0.25) is 5.02 Å². The molecule has 0 saturated heterocycles. The summed E-state index contributed by atoms with van der Waals surface area (Å²) < 4.78 is 7.79. The summed E-state index contributed by atoms with van der Waals surface area (Å²) in [7, 11) is 0. The standard InChI is InChI=1S/C33H37ClN2O4/c1-18(2)24-9-8-10-25(14-24)21(5)35-32(37)26-11-12-30-29(16-26)20(4)22(6)36(30)17-27-15-28(13-19(3)31(27)34)40-23(7)33(38)39/h8-16,18,21,23H,17H2,1-7H3,(H,35,37)(H,38,39)/t21-,23?/m0/s1. The van der Waals surface area contributed by atoms with Crippen molar-refractivity contribution in [2.75, 3.05) is 0 Å². The number of fused-ring (bicyclic) bond motifs is 1. The van der Waals surface area contributed by atoms with Crippen molar-refractivity contribution in [3.63, 3.8) is 0 Å². The number of nitrogens with zero attached hydrogens (tertiary/aromatic N) is 1. The van der Waals surface area contributed by atoms with Crippen LogP contribution in [-0.2, 0) is 11.3 Å². The lowest BCUT2D eigenvalue weighted by molar-refractivity contribution is -0.144. The SMILES string of the molecule is Cc1cc(OC(C)C(=O)O)cc(Cn2c(C)c(C)c3cc(C(=O)N[C@@H](C)c4cccc(C(C)C)c4)ccc32)c1Cl. The summed E-state index contributed by atoms with van der Waals surface area (Å²) in [5.41, 5.74) is 7.70. The number of aromatic nitrogens is 1. The Morgan fingerprint density at radius 2 is 1.68 bits per heavy atom. The van der Waals surface area contributed by atoms with E-state index in [0.717, 1.165) is 38.9 Å². The van der Waals surface area contributed by atoms with Gasteiger partial charge in [0.25, 0.3) is 5.91 Å². The van der Waals surface area contributed by atoms with Crippen LogP contribution in [0.15, 0.2) is 54.6 Å². The van der Waals surface area contributed by atoms with Crippen molar-refractivity contribution in [3.8, 4) is 5.75 Å². The summed E-state index contributed by atoms with van der Waals surface area (Å²) in [6.45, 7) is 14.3. The van der Waals surface area contributed by atoms with Crippen molar-refractivity contribution in [2.24, 2.45) is 0 Å². The number of hydrogen-bond donors (Lipinski definition) is 2. The van der Waals surface area contributed by atoms with E-state index in [1.165, 1.54) is 12.5 Å². The molecule has 0 bridgehead atoms. The largest absolute Gasteiger partial charge is 0.479 e. The number of carbonyl (C=O) groups excluding carboxylic acids is 1. The molecule has 0 radical (unpaired) electrons. The molecule has 2 atom stereocenters. The third-order valence-corrected chi connectivity index (χ3v) is 8.16. The lowest BCUT2D eigenvalue weighted by Gasteiger charge is -2.17. The van der Waals surface area contributed by atoms with Gasteiger partial charge in [0.05, 0.1) is 6.04 Å². The van der Waals surface area contributed by atoms with Crippen LogP contribution >= 0.6 is 11.6 Å². The normalized spacial score (nSPS) is 12.9. The van der Waals surface area contributed by atoms with Crippen molar-refractivity contribution in [3.05, 3.63) is 98.7 Å². The predicted molar refractivity (Wildman–Crippen MR) is 161 cm³/mol. The zero-order chi connectivity index (χ0) is 29.3. The molecule has 6 nitrogen and oxygen atoms in total. The van der Waals surface area contributed by atoms with Crippen molar-refractivity contribution in [1.82, 2.24) is 9.88 Å². The van der Waals surface area contributed by atoms with E-state index < -0.39 is 12.1 Å². The number of halogens is 1. The second-order valence-electron chi connectivity index (χ2n) is 10.9. The van der Waals surface area contributed by atoms with Crippen molar-refractivity contribution >= 4 is 34.4 Å². The van der Waals surface area contributed by atoms with Crippen LogP contribution in [0.1, 0.15) is 83.5 Å². The van der Waals surface area contributed by atoms with Crippen LogP contribution < -0.4 is 10.1 Å². The van der Waals surface area contributed by atoms with Crippen LogP contribution in [0.25, 0.3) is 10.9 Å². The zero-order valence-corrected chi connectivity index (χ0v) is 24.9. The molecule has 0 aliphatic carbocycles. The monoisotopic (exact) mass is 560 g/mol. The summed E-state index contributed by atoms with van der Waals surface area (Å²) >= 11 is 6.68. The number of aryl methyl sites for hydroxylation is 2. The highest BCUT2D eigenvalue weighted by Gasteiger charge is 2.19. The zero-order valence-electron chi connectivity index (χ0n) is 24.1. The fourth-order valence-electron chi connectivity index (χ4n) is 4.96. The molecule has 210 valence electrons. The molecule has 40 heavy (non-hydrogen) atoms. The molecular weight excluding hydrogens is 524 g/mol. The minimum absolute atomic E-state index is 0.120. The molecule has 2 N–H and O–H groups in total. The highest BCUT2D eigenvalue weighted by Crippen LogP contribution is 2.32. The summed E-state index contributed by atoms with van der Waals surface area (Å²) in [5.74, 6) is -0.271. The number of carbonyl (C=O) groups is 2. The van der Waals surface area contributed by atoms with E-state index in [4.69, 9.17) is 16.3 Å². The maximum atomic E-state index is 13.2. The molecule has 0 aliphatic heterocycles. The molecule has 1 unspecified atom stereocenters. The Balaban J connectivity index is 1.62. The average molecular weight is 561 g/mol. The van der Waals surface area contributed by atoms with Crippen LogP contribution in [-0.4, -0.2) is 27.7 Å². The molecule has 1 amide bonds. The van der Waals surface area contributed by atoms with Gasteiger partial charge in [-0.2, -0.15) is 0 Å². The van der Waals surface area contributed by atoms with Crippen molar-refractivity contribution in [2.45, 2.75) is 73.1 Å². The fourth-order valence-corrected chi connectivity index (χ4v) is 5.13. The van der Waals surface area contributed by atoms with E-state index in [2.05, 4.69) is 42.8 Å². The summed E-state index contributed by atoms with van der Waals surface area (Å²) in [6, 6.07) is 17.5. The van der Waals surface area contributed by atoms with Gasteiger partial charge in [-0.05, 0) is 98.7 Å². The first-order valence-corrected chi connectivity index (χ1v) is 13.9. The molecule has 4 rings (SSSR count). The predicted octanol–water partition coefficient (Wildman–Crippen LogP) is 7.73. The first-order valence-electron chi connectivity index (χ1n) is 13.6. The van der Waals surface area contributed by atoms with E-state index in [9.17, 15) is 14.7 Å². The Hall–Kier alpha value is -3.77. The minimum Gasteiger partial charge on any atom is -0.479 e. The number of aliphatic carboxylic acids is 1. The van der Waals surface area contributed by atoms with Gasteiger partial charge < -0.3 is 19.7 Å². The maximum Gasteiger partial charge on any atom is 0.344 e. The van der Waals surface area contributed by atoms with Gasteiger partial charge in [-0.3, -0.25) is 4.79 Å². The van der Waals surface area contributed by atoms with E-state index >= 15 is 0 Å². The van der Waals surface area contributed by atoms with Crippen molar-refractivity contribution < 1.29 is 19.4 Å². The number of rotatable bonds is 9. The molecule has 1 heterocycles. The van der Waals surface area contributed by atoms with Gasteiger partial charge in [0.15, 0.2) is 6.10 Å². The van der Waals surface area contributed by atoms with Crippen molar-refractivity contribution in [1.29, 1.82) is 0 Å². The first-order chi connectivity index (χ1) is 18.9. The Labute approximate surface area is 240 Å². The molecule has 0 saturated carbocycles. The number of ether oxygens (including phenoxy) is 1. The molecule has 1 aromatic heterocycles. The number of benzene rings is 3. The minimum atomic E-state index is -1.03. The molecule has 7 heteroatoms. The molecule has 0 fully saturated rings. The van der Waals surface area contributed by atoms with Crippen LogP contribution in [0, 0.1) is 20.8 Å². The van der Waals surface area contributed by atoms with Crippen LogP contribution in [0.3, 0.4) is 0 Å². The lowest BCUT2D eigenvalue weighted by atomic mass is 9.98. The average Bonchev–Trinajstić information content (AvgIpc) is 3.15. The van der Waals surface area contributed by atoms with E-state index in [0.29, 0.717) is 28.8 Å². The van der Waals surface area contributed by atoms with Gasteiger partial charge >= 0.3 is 5.97 Å². The van der Waals surface area contributed by atoms with E-state index in [1.54, 1.807) is 12.1 Å². The molecule has 3 aromatic carbocycles. The number of carboxylic acids is 1.